The Hall–Kier alpha value is -0.190. The third-order valence-corrected chi connectivity index (χ3v) is 4.20. The van der Waals surface area contributed by atoms with Crippen LogP contribution in [0.15, 0.2) is 27.7 Å². The lowest BCUT2D eigenvalue weighted by Gasteiger charge is -2.06. The molecule has 0 amide bonds. The number of nitrogens with zero attached hydrogens (tertiary/aromatic N) is 1. The number of anilines is 1. The summed E-state index contributed by atoms with van der Waals surface area (Å²) < 4.78 is 0.894. The highest BCUT2D eigenvalue weighted by molar-refractivity contribution is 9.10. The summed E-state index contributed by atoms with van der Waals surface area (Å²) in [5, 5.41) is 5.54. The third kappa shape index (κ3) is 2.89. The van der Waals surface area contributed by atoms with Gasteiger partial charge in [0.15, 0.2) is 5.17 Å². The van der Waals surface area contributed by atoms with Crippen LogP contribution in [0.2, 0.25) is 5.02 Å². The molecule has 1 aliphatic rings. The molecular formula is C10H10BrClN2S. The minimum atomic E-state index is 0.572. The first kappa shape index (κ1) is 11.3. The molecule has 5 heteroatoms. The van der Waals surface area contributed by atoms with Gasteiger partial charge in [-0.15, -0.1) is 0 Å². The molecule has 1 heterocycles. The minimum absolute atomic E-state index is 0.572. The maximum atomic E-state index is 5.91. The molecule has 0 aliphatic carbocycles. The van der Waals surface area contributed by atoms with Gasteiger partial charge in [0.1, 0.15) is 0 Å². The van der Waals surface area contributed by atoms with Crippen molar-refractivity contribution in [2.24, 2.45) is 4.99 Å². The lowest BCUT2D eigenvalue weighted by Crippen LogP contribution is -2.05. The zero-order valence-corrected chi connectivity index (χ0v) is 11.3. The summed E-state index contributed by atoms with van der Waals surface area (Å²) in [5.41, 5.74) is 1.01. The second-order valence-electron chi connectivity index (χ2n) is 3.33. The average molecular weight is 306 g/mol. The Morgan fingerprint density at radius 3 is 3.00 bits per heavy atom. The van der Waals surface area contributed by atoms with E-state index in [9.17, 15) is 0 Å². The topological polar surface area (TPSA) is 24.4 Å². The fourth-order valence-corrected chi connectivity index (χ4v) is 2.60. The number of halogens is 2. The molecule has 0 bridgehead atoms. The fraction of sp³-hybridized carbons (Fsp3) is 0.300. The molecule has 2 rings (SSSR count). The summed E-state index contributed by atoms with van der Waals surface area (Å²) in [6, 6.07) is 5.76. The maximum absolute atomic E-state index is 5.91. The molecule has 1 N–H and O–H groups in total. The summed E-state index contributed by atoms with van der Waals surface area (Å²) in [6.07, 6.45) is 0. The molecule has 2 nitrogen and oxygen atoms in total. The number of aliphatic imine (C=N–C) groups is 1. The first-order valence-electron chi connectivity index (χ1n) is 4.58. The van der Waals surface area contributed by atoms with Gasteiger partial charge in [-0.1, -0.05) is 30.3 Å². The molecule has 0 radical (unpaired) electrons. The summed E-state index contributed by atoms with van der Waals surface area (Å²) in [7, 11) is 0. The SMILES string of the molecule is CC1CN=C(Nc2ccc(Cl)c(Br)c2)S1. The van der Waals surface area contributed by atoms with Crippen LogP contribution in [0.25, 0.3) is 0 Å². The van der Waals surface area contributed by atoms with E-state index in [0.29, 0.717) is 5.25 Å². The van der Waals surface area contributed by atoms with E-state index in [4.69, 9.17) is 11.6 Å². The van der Waals surface area contributed by atoms with Crippen molar-refractivity contribution in [2.75, 3.05) is 11.9 Å². The number of benzene rings is 1. The number of amidine groups is 1. The van der Waals surface area contributed by atoms with Crippen LogP contribution in [0, 0.1) is 0 Å². The van der Waals surface area contributed by atoms with Crippen molar-refractivity contribution in [2.45, 2.75) is 12.2 Å². The average Bonchev–Trinajstić information content (AvgIpc) is 2.58. The van der Waals surface area contributed by atoms with Crippen LogP contribution in [-0.2, 0) is 0 Å². The number of hydrogen-bond donors (Lipinski definition) is 1. The molecule has 0 spiro atoms. The third-order valence-electron chi connectivity index (χ3n) is 1.98. The highest BCUT2D eigenvalue weighted by Crippen LogP contribution is 2.27. The summed E-state index contributed by atoms with van der Waals surface area (Å²) >= 11 is 11.1. The van der Waals surface area contributed by atoms with Crippen LogP contribution in [-0.4, -0.2) is 17.0 Å². The van der Waals surface area contributed by atoms with Gasteiger partial charge in [-0.25, -0.2) is 0 Å². The largest absolute Gasteiger partial charge is 0.335 e. The quantitative estimate of drug-likeness (QED) is 0.848. The van der Waals surface area contributed by atoms with Gasteiger partial charge in [0.2, 0.25) is 0 Å². The first-order valence-corrected chi connectivity index (χ1v) is 6.63. The van der Waals surface area contributed by atoms with Gasteiger partial charge < -0.3 is 5.32 Å². The van der Waals surface area contributed by atoms with Crippen LogP contribution < -0.4 is 5.32 Å². The van der Waals surface area contributed by atoms with Gasteiger partial charge in [0, 0.05) is 15.4 Å². The Morgan fingerprint density at radius 2 is 2.40 bits per heavy atom. The van der Waals surface area contributed by atoms with Gasteiger partial charge in [-0.05, 0) is 34.1 Å². The van der Waals surface area contributed by atoms with Crippen molar-refractivity contribution in [3.05, 3.63) is 27.7 Å². The number of thioether (sulfide) groups is 1. The van der Waals surface area contributed by atoms with E-state index in [0.717, 1.165) is 26.9 Å². The van der Waals surface area contributed by atoms with E-state index in [-0.39, 0.29) is 0 Å². The van der Waals surface area contributed by atoms with Crippen molar-refractivity contribution < 1.29 is 0 Å². The zero-order valence-electron chi connectivity index (χ0n) is 8.13. The van der Waals surface area contributed by atoms with E-state index in [1.54, 1.807) is 11.8 Å². The summed E-state index contributed by atoms with van der Waals surface area (Å²) in [5.74, 6) is 0. The molecule has 1 aliphatic heterocycles. The lowest BCUT2D eigenvalue weighted by molar-refractivity contribution is 0.976. The Balaban J connectivity index is 2.08. The van der Waals surface area contributed by atoms with Crippen LogP contribution in [0.1, 0.15) is 6.92 Å². The predicted octanol–water partition coefficient (Wildman–Crippen LogP) is 4.01. The van der Waals surface area contributed by atoms with Gasteiger partial charge in [-0.2, -0.15) is 0 Å². The van der Waals surface area contributed by atoms with Crippen molar-refractivity contribution in [3.63, 3.8) is 0 Å². The Bertz CT molecular complexity index is 408. The van der Waals surface area contributed by atoms with Gasteiger partial charge >= 0.3 is 0 Å². The van der Waals surface area contributed by atoms with Gasteiger partial charge in [-0.3, -0.25) is 4.99 Å². The van der Waals surface area contributed by atoms with E-state index >= 15 is 0 Å². The van der Waals surface area contributed by atoms with Crippen LogP contribution >= 0.6 is 39.3 Å². The van der Waals surface area contributed by atoms with Gasteiger partial charge in [0.05, 0.1) is 11.6 Å². The molecule has 1 aromatic carbocycles. The van der Waals surface area contributed by atoms with E-state index in [2.05, 4.69) is 33.2 Å². The van der Waals surface area contributed by atoms with E-state index in [1.807, 2.05) is 18.2 Å². The van der Waals surface area contributed by atoms with Crippen LogP contribution in [0.4, 0.5) is 5.69 Å². The first-order chi connectivity index (χ1) is 7.15. The van der Waals surface area contributed by atoms with Crippen molar-refractivity contribution >= 4 is 50.1 Å². The number of hydrogen-bond acceptors (Lipinski definition) is 3. The fourth-order valence-electron chi connectivity index (χ4n) is 1.24. The van der Waals surface area contributed by atoms with Crippen molar-refractivity contribution in [1.29, 1.82) is 0 Å². The van der Waals surface area contributed by atoms with Gasteiger partial charge in [0.25, 0.3) is 0 Å². The monoisotopic (exact) mass is 304 g/mol. The Morgan fingerprint density at radius 1 is 1.60 bits per heavy atom. The second-order valence-corrected chi connectivity index (χ2v) is 6.02. The molecule has 0 aromatic heterocycles. The smallest absolute Gasteiger partial charge is 0.161 e. The molecule has 0 saturated heterocycles. The Kier molecular flexibility index (Phi) is 3.59. The summed E-state index contributed by atoms with van der Waals surface area (Å²) in [6.45, 7) is 3.06. The molecule has 15 heavy (non-hydrogen) atoms. The Labute approximate surface area is 107 Å². The van der Waals surface area contributed by atoms with Crippen LogP contribution in [0.3, 0.4) is 0 Å². The molecular weight excluding hydrogens is 296 g/mol. The highest BCUT2D eigenvalue weighted by atomic mass is 79.9. The standard InChI is InChI=1S/C10H10BrClN2S/c1-6-5-13-10(15-6)14-7-2-3-9(12)8(11)4-7/h2-4,6H,5H2,1H3,(H,13,14). The summed E-state index contributed by atoms with van der Waals surface area (Å²) in [4.78, 5) is 4.38. The number of rotatable bonds is 1. The van der Waals surface area contributed by atoms with Crippen LogP contribution in [0.5, 0.6) is 0 Å². The molecule has 1 unspecified atom stereocenters. The van der Waals surface area contributed by atoms with Crippen molar-refractivity contribution in [1.82, 2.24) is 0 Å². The molecule has 0 fully saturated rings. The second kappa shape index (κ2) is 4.76. The maximum Gasteiger partial charge on any atom is 0.161 e. The molecule has 1 aromatic rings. The number of nitrogens with one attached hydrogen (secondary N) is 1. The molecule has 0 saturated carbocycles. The lowest BCUT2D eigenvalue weighted by atomic mass is 10.3. The van der Waals surface area contributed by atoms with E-state index < -0.39 is 0 Å². The van der Waals surface area contributed by atoms with E-state index in [1.165, 1.54) is 0 Å². The molecule has 1 atom stereocenters. The highest BCUT2D eigenvalue weighted by Gasteiger charge is 2.14. The minimum Gasteiger partial charge on any atom is -0.335 e. The predicted molar refractivity (Wildman–Crippen MR) is 72.1 cm³/mol. The molecule has 80 valence electrons. The zero-order chi connectivity index (χ0) is 10.8. The van der Waals surface area contributed by atoms with Crippen molar-refractivity contribution in [3.8, 4) is 0 Å². The normalized spacial score (nSPS) is 20.2.